The fourth-order valence-electron chi connectivity index (χ4n) is 2.20. The highest BCUT2D eigenvalue weighted by Gasteiger charge is 2.04. The maximum atomic E-state index is 12.9. The molecular weight excluding hydrogens is 251 g/mol. The molecule has 0 unspecified atom stereocenters. The van der Waals surface area contributed by atoms with Crippen molar-refractivity contribution in [1.29, 1.82) is 0 Å². The molecule has 1 aromatic heterocycles. The van der Waals surface area contributed by atoms with Gasteiger partial charge in [0.05, 0.1) is 12.7 Å². The molecule has 0 radical (unpaired) electrons. The first-order valence-corrected chi connectivity index (χ1v) is 6.55. The topological polar surface area (TPSA) is 17.8 Å². The molecule has 0 aliphatic rings. The van der Waals surface area contributed by atoms with Crippen molar-refractivity contribution >= 4 is 0 Å². The summed E-state index contributed by atoms with van der Waals surface area (Å²) in [5.74, 6) is -0.221. The Hall–Kier alpha value is -2.42. The highest BCUT2D eigenvalue weighted by atomic mass is 19.1. The van der Waals surface area contributed by atoms with Gasteiger partial charge in [0.2, 0.25) is 0 Å². The summed E-state index contributed by atoms with van der Waals surface area (Å²) in [6.45, 7) is 2.84. The number of benzene rings is 2. The van der Waals surface area contributed by atoms with Crippen LogP contribution >= 0.6 is 0 Å². The number of rotatable bonds is 3. The lowest BCUT2D eigenvalue weighted by atomic mass is 10.1. The van der Waals surface area contributed by atoms with Crippen LogP contribution in [0.2, 0.25) is 0 Å². The van der Waals surface area contributed by atoms with Gasteiger partial charge in [0.25, 0.3) is 0 Å². The van der Waals surface area contributed by atoms with Crippen molar-refractivity contribution in [3.63, 3.8) is 0 Å². The number of nitrogens with zero attached hydrogens (tertiary/aromatic N) is 2. The second-order valence-electron chi connectivity index (χ2n) is 4.86. The van der Waals surface area contributed by atoms with Gasteiger partial charge in [-0.25, -0.2) is 4.39 Å². The zero-order chi connectivity index (χ0) is 13.9. The lowest BCUT2D eigenvalue weighted by Gasteiger charge is -2.05. The number of hydrogen-bond donors (Lipinski definition) is 0. The van der Waals surface area contributed by atoms with Crippen molar-refractivity contribution in [3.8, 4) is 11.1 Å². The maximum absolute atomic E-state index is 12.9. The first-order chi connectivity index (χ1) is 9.72. The predicted molar refractivity (Wildman–Crippen MR) is 77.9 cm³/mol. The highest BCUT2D eigenvalue weighted by Crippen LogP contribution is 2.19. The Morgan fingerprint density at radius 3 is 2.50 bits per heavy atom. The van der Waals surface area contributed by atoms with Gasteiger partial charge in [0.1, 0.15) is 5.82 Å². The minimum absolute atomic E-state index is 0.221. The van der Waals surface area contributed by atoms with E-state index >= 15 is 0 Å². The quantitative estimate of drug-likeness (QED) is 0.699. The van der Waals surface area contributed by atoms with E-state index < -0.39 is 0 Å². The summed E-state index contributed by atoms with van der Waals surface area (Å²) in [6, 6.07) is 14.7. The summed E-state index contributed by atoms with van der Waals surface area (Å²) in [6.07, 6.45) is 3.80. The van der Waals surface area contributed by atoms with Crippen LogP contribution in [0.4, 0.5) is 4.39 Å². The Balaban J connectivity index is 1.84. The summed E-state index contributed by atoms with van der Waals surface area (Å²) in [7, 11) is 0. The molecule has 3 aromatic rings. The van der Waals surface area contributed by atoms with Crippen molar-refractivity contribution < 1.29 is 4.39 Å². The summed E-state index contributed by atoms with van der Waals surface area (Å²) in [5, 5.41) is 4.37. The molecule has 100 valence electrons. The van der Waals surface area contributed by atoms with Crippen molar-refractivity contribution in [2.45, 2.75) is 13.5 Å². The number of aromatic nitrogens is 2. The van der Waals surface area contributed by atoms with Crippen LogP contribution < -0.4 is 0 Å². The van der Waals surface area contributed by atoms with Crippen LogP contribution in [-0.2, 0) is 6.54 Å². The van der Waals surface area contributed by atoms with E-state index in [1.54, 1.807) is 12.1 Å². The normalized spacial score (nSPS) is 10.7. The summed E-state index contributed by atoms with van der Waals surface area (Å²) in [4.78, 5) is 0. The first-order valence-electron chi connectivity index (χ1n) is 6.55. The molecule has 0 aliphatic carbocycles. The minimum atomic E-state index is -0.221. The van der Waals surface area contributed by atoms with E-state index in [0.29, 0.717) is 0 Å². The molecule has 0 amide bonds. The van der Waals surface area contributed by atoms with Crippen LogP contribution in [0.1, 0.15) is 11.1 Å². The smallest absolute Gasteiger partial charge is 0.123 e. The van der Waals surface area contributed by atoms with E-state index in [1.165, 1.54) is 23.3 Å². The van der Waals surface area contributed by atoms with Gasteiger partial charge >= 0.3 is 0 Å². The first kappa shape index (κ1) is 12.6. The second kappa shape index (κ2) is 5.29. The van der Waals surface area contributed by atoms with Crippen LogP contribution in [0.25, 0.3) is 11.1 Å². The van der Waals surface area contributed by atoms with Crippen LogP contribution in [0.5, 0.6) is 0 Å². The van der Waals surface area contributed by atoms with Gasteiger partial charge in [-0.05, 0) is 35.7 Å². The van der Waals surface area contributed by atoms with E-state index in [-0.39, 0.29) is 5.82 Å². The zero-order valence-electron chi connectivity index (χ0n) is 11.3. The van der Waals surface area contributed by atoms with Gasteiger partial charge in [-0.1, -0.05) is 36.4 Å². The molecule has 1 heterocycles. The van der Waals surface area contributed by atoms with Crippen LogP contribution in [0, 0.1) is 12.7 Å². The standard InChI is InChI=1S/C17H15FN2/c1-13-4-2-3-5-15(13)11-20-12-16(10-19-20)14-6-8-17(18)9-7-14/h2-10,12H,11H2,1H3. The molecule has 3 heteroatoms. The van der Waals surface area contributed by atoms with Crippen molar-refractivity contribution in [2.75, 3.05) is 0 Å². The molecule has 2 nitrogen and oxygen atoms in total. The SMILES string of the molecule is Cc1ccccc1Cn1cc(-c2ccc(F)cc2)cn1. The van der Waals surface area contributed by atoms with Gasteiger partial charge in [-0.15, -0.1) is 0 Å². The molecular formula is C17H15FN2. The molecule has 3 rings (SSSR count). The lowest BCUT2D eigenvalue weighted by Crippen LogP contribution is -2.01. The van der Waals surface area contributed by atoms with E-state index in [0.717, 1.165) is 17.7 Å². The van der Waals surface area contributed by atoms with E-state index in [9.17, 15) is 4.39 Å². The Kier molecular flexibility index (Phi) is 3.33. The van der Waals surface area contributed by atoms with Crippen molar-refractivity contribution in [2.24, 2.45) is 0 Å². The van der Waals surface area contributed by atoms with Gasteiger partial charge in [-0.3, -0.25) is 4.68 Å². The Morgan fingerprint density at radius 2 is 1.75 bits per heavy atom. The fourth-order valence-corrected chi connectivity index (χ4v) is 2.20. The predicted octanol–water partition coefficient (Wildman–Crippen LogP) is 4.05. The van der Waals surface area contributed by atoms with E-state index in [1.807, 2.05) is 29.2 Å². The molecule has 2 aromatic carbocycles. The third kappa shape index (κ3) is 2.62. The van der Waals surface area contributed by atoms with E-state index in [4.69, 9.17) is 0 Å². The second-order valence-corrected chi connectivity index (χ2v) is 4.86. The molecule has 0 saturated heterocycles. The van der Waals surface area contributed by atoms with Crippen LogP contribution in [0.15, 0.2) is 60.9 Å². The molecule has 20 heavy (non-hydrogen) atoms. The van der Waals surface area contributed by atoms with Gasteiger partial charge in [0, 0.05) is 11.8 Å². The summed E-state index contributed by atoms with van der Waals surface area (Å²) < 4.78 is 14.8. The van der Waals surface area contributed by atoms with Crippen molar-refractivity contribution in [1.82, 2.24) is 9.78 Å². The largest absolute Gasteiger partial charge is 0.268 e. The Labute approximate surface area is 117 Å². The number of hydrogen-bond acceptors (Lipinski definition) is 1. The van der Waals surface area contributed by atoms with E-state index in [2.05, 4.69) is 24.2 Å². The molecule has 0 spiro atoms. The summed E-state index contributed by atoms with van der Waals surface area (Å²) in [5.41, 5.74) is 4.48. The van der Waals surface area contributed by atoms with Gasteiger partial charge < -0.3 is 0 Å². The highest BCUT2D eigenvalue weighted by molar-refractivity contribution is 5.61. The van der Waals surface area contributed by atoms with Crippen molar-refractivity contribution in [3.05, 3.63) is 77.9 Å². The molecule has 0 saturated carbocycles. The molecule has 0 fully saturated rings. The molecule has 0 aliphatic heterocycles. The third-order valence-corrected chi connectivity index (χ3v) is 3.40. The Bertz CT molecular complexity index is 714. The zero-order valence-corrected chi connectivity index (χ0v) is 11.3. The minimum Gasteiger partial charge on any atom is -0.268 e. The monoisotopic (exact) mass is 266 g/mol. The van der Waals surface area contributed by atoms with Gasteiger partial charge in [0.15, 0.2) is 0 Å². The average molecular weight is 266 g/mol. The van der Waals surface area contributed by atoms with Crippen LogP contribution in [0.3, 0.4) is 0 Å². The third-order valence-electron chi connectivity index (χ3n) is 3.40. The summed E-state index contributed by atoms with van der Waals surface area (Å²) >= 11 is 0. The average Bonchev–Trinajstić information content (AvgIpc) is 2.91. The van der Waals surface area contributed by atoms with Gasteiger partial charge in [-0.2, -0.15) is 5.10 Å². The Morgan fingerprint density at radius 1 is 1.00 bits per heavy atom. The lowest BCUT2D eigenvalue weighted by molar-refractivity contribution is 0.628. The molecule has 0 atom stereocenters. The number of halogens is 1. The molecule has 0 N–H and O–H groups in total. The van der Waals surface area contributed by atoms with Crippen LogP contribution in [-0.4, -0.2) is 9.78 Å². The molecule has 0 bridgehead atoms. The maximum Gasteiger partial charge on any atom is 0.123 e. The fraction of sp³-hybridized carbons (Fsp3) is 0.118. The number of aryl methyl sites for hydroxylation is 1.